The second-order valence-electron chi connectivity index (χ2n) is 4.68. The molecule has 0 saturated heterocycles. The Morgan fingerprint density at radius 1 is 1.35 bits per heavy atom. The summed E-state index contributed by atoms with van der Waals surface area (Å²) in [6, 6.07) is 5.75. The van der Waals surface area contributed by atoms with E-state index in [1.165, 1.54) is 0 Å². The number of halogens is 1. The van der Waals surface area contributed by atoms with Gasteiger partial charge >= 0.3 is 0 Å². The van der Waals surface area contributed by atoms with Gasteiger partial charge in [-0.3, -0.25) is 9.67 Å². The van der Waals surface area contributed by atoms with E-state index in [1.807, 2.05) is 29.1 Å². The number of hydrogen-bond donors (Lipinski definition) is 2. The van der Waals surface area contributed by atoms with E-state index in [0.717, 1.165) is 31.0 Å². The van der Waals surface area contributed by atoms with Gasteiger partial charge in [0.25, 0.3) is 0 Å². The average Bonchev–Trinajstić information content (AvgIpc) is 3.08. The summed E-state index contributed by atoms with van der Waals surface area (Å²) in [4.78, 5) is 8.37. The second kappa shape index (κ2) is 10.8. The molecule has 0 unspecified atom stereocenters. The van der Waals surface area contributed by atoms with Crippen LogP contribution >= 0.6 is 24.0 Å². The second-order valence-corrected chi connectivity index (χ2v) is 4.68. The Morgan fingerprint density at radius 3 is 2.83 bits per heavy atom. The number of rotatable bonds is 7. The Balaban J connectivity index is 0.00000264. The lowest BCUT2D eigenvalue weighted by Crippen LogP contribution is -2.37. The summed E-state index contributed by atoms with van der Waals surface area (Å²) in [7, 11) is 3.37. The zero-order valence-electron chi connectivity index (χ0n) is 13.4. The van der Waals surface area contributed by atoms with Crippen LogP contribution in [-0.2, 0) is 13.1 Å². The van der Waals surface area contributed by atoms with Gasteiger partial charge in [0.2, 0.25) is 5.88 Å². The fraction of sp³-hybridized carbons (Fsp3) is 0.400. The number of nitrogens with zero attached hydrogens (tertiary/aromatic N) is 4. The largest absolute Gasteiger partial charge is 0.481 e. The molecule has 0 bridgehead atoms. The quantitative estimate of drug-likeness (QED) is 0.303. The summed E-state index contributed by atoms with van der Waals surface area (Å²) in [5.41, 5.74) is 1.07. The van der Waals surface area contributed by atoms with Crippen LogP contribution in [-0.4, -0.2) is 41.4 Å². The zero-order chi connectivity index (χ0) is 15.6. The molecule has 2 aromatic rings. The van der Waals surface area contributed by atoms with E-state index in [4.69, 9.17) is 4.74 Å². The Morgan fingerprint density at radius 2 is 2.22 bits per heavy atom. The minimum atomic E-state index is 0. The van der Waals surface area contributed by atoms with Gasteiger partial charge in [0.05, 0.1) is 7.11 Å². The first-order chi connectivity index (χ1) is 10.8. The van der Waals surface area contributed by atoms with Gasteiger partial charge in [-0.1, -0.05) is 6.07 Å². The fourth-order valence-electron chi connectivity index (χ4n) is 1.92. The zero-order valence-corrected chi connectivity index (χ0v) is 15.7. The van der Waals surface area contributed by atoms with E-state index >= 15 is 0 Å². The molecule has 0 aliphatic rings. The van der Waals surface area contributed by atoms with Crippen molar-refractivity contribution in [3.05, 3.63) is 42.4 Å². The number of aliphatic imine (C=N–C) groups is 1. The maximum atomic E-state index is 5.04. The number of guanidine groups is 1. The van der Waals surface area contributed by atoms with Crippen LogP contribution in [0, 0.1) is 0 Å². The molecular weight excluding hydrogens is 407 g/mol. The van der Waals surface area contributed by atoms with Gasteiger partial charge in [-0.05, 0) is 18.1 Å². The summed E-state index contributed by atoms with van der Waals surface area (Å²) in [5, 5.41) is 10.7. The van der Waals surface area contributed by atoms with Crippen LogP contribution in [0.5, 0.6) is 5.88 Å². The highest BCUT2D eigenvalue weighted by atomic mass is 127. The van der Waals surface area contributed by atoms with Gasteiger partial charge in [0.1, 0.15) is 0 Å². The minimum absolute atomic E-state index is 0. The van der Waals surface area contributed by atoms with E-state index in [1.54, 1.807) is 26.6 Å². The molecule has 8 heteroatoms. The highest BCUT2D eigenvalue weighted by molar-refractivity contribution is 14.0. The van der Waals surface area contributed by atoms with Crippen molar-refractivity contribution in [2.45, 2.75) is 19.5 Å². The van der Waals surface area contributed by atoms with E-state index in [2.05, 4.69) is 25.7 Å². The molecule has 0 radical (unpaired) electrons. The first kappa shape index (κ1) is 19.2. The molecule has 7 nitrogen and oxygen atoms in total. The molecule has 0 spiro atoms. The van der Waals surface area contributed by atoms with E-state index in [-0.39, 0.29) is 24.0 Å². The van der Waals surface area contributed by atoms with Crippen LogP contribution in [0.15, 0.2) is 41.8 Å². The lowest BCUT2D eigenvalue weighted by atomic mass is 10.3. The monoisotopic (exact) mass is 430 g/mol. The minimum Gasteiger partial charge on any atom is -0.481 e. The van der Waals surface area contributed by atoms with Crippen LogP contribution in [0.1, 0.15) is 12.0 Å². The van der Waals surface area contributed by atoms with Crippen molar-refractivity contribution in [1.29, 1.82) is 0 Å². The van der Waals surface area contributed by atoms with Crippen LogP contribution in [0.2, 0.25) is 0 Å². The predicted octanol–water partition coefficient (Wildman–Crippen LogP) is 1.66. The molecule has 0 atom stereocenters. The van der Waals surface area contributed by atoms with E-state index < -0.39 is 0 Å². The predicted molar refractivity (Wildman–Crippen MR) is 101 cm³/mol. The van der Waals surface area contributed by atoms with Crippen LogP contribution in [0.3, 0.4) is 0 Å². The first-order valence-electron chi connectivity index (χ1n) is 7.22. The topological polar surface area (TPSA) is 76.4 Å². The van der Waals surface area contributed by atoms with Crippen molar-refractivity contribution in [2.75, 3.05) is 20.7 Å². The number of nitrogens with one attached hydrogen (secondary N) is 2. The maximum absolute atomic E-state index is 5.04. The first-order valence-corrected chi connectivity index (χ1v) is 7.22. The summed E-state index contributed by atoms with van der Waals surface area (Å²) in [6.45, 7) is 2.38. The molecule has 126 valence electrons. The van der Waals surface area contributed by atoms with Crippen molar-refractivity contribution >= 4 is 29.9 Å². The van der Waals surface area contributed by atoms with Gasteiger partial charge in [-0.15, -0.1) is 24.0 Å². The van der Waals surface area contributed by atoms with Crippen molar-refractivity contribution in [3.8, 4) is 5.88 Å². The molecule has 0 aliphatic carbocycles. The molecule has 2 heterocycles. The van der Waals surface area contributed by atoms with Crippen molar-refractivity contribution in [2.24, 2.45) is 4.99 Å². The fourth-order valence-corrected chi connectivity index (χ4v) is 1.92. The Kier molecular flexibility index (Phi) is 9.03. The van der Waals surface area contributed by atoms with Gasteiger partial charge in [0, 0.05) is 51.3 Å². The number of methoxy groups -OCH3 is 1. The summed E-state index contributed by atoms with van der Waals surface area (Å²) in [5.74, 6) is 1.39. The third-order valence-electron chi connectivity index (χ3n) is 3.11. The molecule has 0 aliphatic heterocycles. The van der Waals surface area contributed by atoms with E-state index in [9.17, 15) is 0 Å². The number of ether oxygens (including phenoxy) is 1. The number of pyridine rings is 1. The molecule has 0 amide bonds. The Bertz CT molecular complexity index is 570. The highest BCUT2D eigenvalue weighted by Crippen LogP contribution is 2.05. The molecule has 0 saturated carbocycles. The summed E-state index contributed by atoms with van der Waals surface area (Å²) < 4.78 is 6.95. The Hall–Kier alpha value is -1.84. The molecule has 0 aromatic carbocycles. The molecule has 0 fully saturated rings. The average molecular weight is 430 g/mol. The van der Waals surface area contributed by atoms with Crippen molar-refractivity contribution in [1.82, 2.24) is 25.4 Å². The standard InChI is InChI=1S/C15H22N6O.HI/c1-16-15(17-7-3-9-21-10-4-8-20-21)19-12-13-5-6-14(22-2)18-11-13;/h4-6,8,10-11H,3,7,9,12H2,1-2H3,(H2,16,17,19);1H. The van der Waals surface area contributed by atoms with Gasteiger partial charge in [0.15, 0.2) is 5.96 Å². The van der Waals surface area contributed by atoms with E-state index in [0.29, 0.717) is 12.4 Å². The highest BCUT2D eigenvalue weighted by Gasteiger charge is 1.99. The smallest absolute Gasteiger partial charge is 0.212 e. The number of aromatic nitrogens is 3. The maximum Gasteiger partial charge on any atom is 0.212 e. The van der Waals surface area contributed by atoms with Gasteiger partial charge < -0.3 is 15.4 Å². The van der Waals surface area contributed by atoms with Crippen LogP contribution in [0.4, 0.5) is 0 Å². The Labute approximate surface area is 153 Å². The molecule has 2 aromatic heterocycles. The van der Waals surface area contributed by atoms with Crippen LogP contribution < -0.4 is 15.4 Å². The van der Waals surface area contributed by atoms with Gasteiger partial charge in [-0.25, -0.2) is 4.98 Å². The third kappa shape index (κ3) is 6.85. The van der Waals surface area contributed by atoms with Gasteiger partial charge in [-0.2, -0.15) is 5.10 Å². The lowest BCUT2D eigenvalue weighted by Gasteiger charge is -2.12. The normalized spacial score (nSPS) is 10.8. The van der Waals surface area contributed by atoms with Crippen molar-refractivity contribution in [3.63, 3.8) is 0 Å². The number of aryl methyl sites for hydroxylation is 1. The summed E-state index contributed by atoms with van der Waals surface area (Å²) in [6.07, 6.45) is 6.52. The summed E-state index contributed by atoms with van der Waals surface area (Å²) >= 11 is 0. The third-order valence-corrected chi connectivity index (χ3v) is 3.11. The lowest BCUT2D eigenvalue weighted by molar-refractivity contribution is 0.397. The number of hydrogen-bond acceptors (Lipinski definition) is 4. The molecule has 23 heavy (non-hydrogen) atoms. The molecule has 2 N–H and O–H groups in total. The molecular formula is C15H23IN6O. The van der Waals surface area contributed by atoms with Crippen LogP contribution in [0.25, 0.3) is 0 Å². The SMILES string of the molecule is CN=C(NCCCn1cccn1)NCc1ccc(OC)nc1.I. The molecule has 2 rings (SSSR count). The van der Waals surface area contributed by atoms with Crippen molar-refractivity contribution < 1.29 is 4.74 Å².